The van der Waals surface area contributed by atoms with Gasteiger partial charge in [0, 0.05) is 11.9 Å². The fourth-order valence-electron chi connectivity index (χ4n) is 4.68. The summed E-state index contributed by atoms with van der Waals surface area (Å²) in [6, 6.07) is 20.5. The Bertz CT molecular complexity index is 1170. The summed E-state index contributed by atoms with van der Waals surface area (Å²) in [4.78, 5) is 11.2. The number of hydrogen-bond acceptors (Lipinski definition) is 3. The van der Waals surface area contributed by atoms with Gasteiger partial charge < -0.3 is 5.11 Å². The smallest absolute Gasteiger partial charge is 0.307 e. The lowest BCUT2D eigenvalue weighted by Gasteiger charge is -2.29. The fourth-order valence-corrected chi connectivity index (χ4v) is 6.06. The summed E-state index contributed by atoms with van der Waals surface area (Å²) in [5, 5.41) is 10.6. The maximum Gasteiger partial charge on any atom is 0.307 e. The van der Waals surface area contributed by atoms with Crippen molar-refractivity contribution in [2.75, 3.05) is 6.54 Å². The molecule has 0 spiro atoms. The van der Waals surface area contributed by atoms with E-state index in [1.54, 1.807) is 12.1 Å². The molecule has 1 aliphatic carbocycles. The van der Waals surface area contributed by atoms with Crippen LogP contribution in [0.1, 0.15) is 36.8 Å². The first kappa shape index (κ1) is 21.5. The van der Waals surface area contributed by atoms with E-state index in [0.717, 1.165) is 54.0 Å². The third kappa shape index (κ3) is 4.97. The van der Waals surface area contributed by atoms with E-state index in [2.05, 4.69) is 4.72 Å². The van der Waals surface area contributed by atoms with Crippen molar-refractivity contribution in [3.63, 3.8) is 0 Å². The zero-order valence-corrected chi connectivity index (χ0v) is 18.2. The maximum atomic E-state index is 13.2. The van der Waals surface area contributed by atoms with Crippen molar-refractivity contribution in [1.29, 1.82) is 0 Å². The van der Waals surface area contributed by atoms with Gasteiger partial charge in [-0.05, 0) is 47.3 Å². The summed E-state index contributed by atoms with van der Waals surface area (Å²) < 4.78 is 29.3. The van der Waals surface area contributed by atoms with Crippen LogP contribution in [0.2, 0.25) is 0 Å². The van der Waals surface area contributed by atoms with Gasteiger partial charge in [-0.1, -0.05) is 73.5 Å². The summed E-state index contributed by atoms with van der Waals surface area (Å²) in [5.41, 5.74) is 1.76. The minimum absolute atomic E-state index is 0.0102. The van der Waals surface area contributed by atoms with Crippen molar-refractivity contribution < 1.29 is 18.3 Å². The maximum absolute atomic E-state index is 13.2. The number of benzene rings is 3. The average molecular weight is 438 g/mol. The predicted molar refractivity (Wildman–Crippen MR) is 122 cm³/mol. The molecule has 0 aromatic heterocycles. The van der Waals surface area contributed by atoms with Crippen molar-refractivity contribution in [3.05, 3.63) is 77.9 Å². The number of sulfonamides is 1. The van der Waals surface area contributed by atoms with Gasteiger partial charge in [0.25, 0.3) is 0 Å². The third-order valence-electron chi connectivity index (χ3n) is 6.30. The minimum Gasteiger partial charge on any atom is -0.481 e. The second-order valence-corrected chi connectivity index (χ2v) is 10.3. The van der Waals surface area contributed by atoms with Crippen LogP contribution < -0.4 is 4.72 Å². The average Bonchev–Trinajstić information content (AvgIpc) is 3.22. The summed E-state index contributed by atoms with van der Waals surface area (Å²) in [6.07, 6.45) is 4.92. The third-order valence-corrected chi connectivity index (χ3v) is 7.76. The highest BCUT2D eigenvalue weighted by Gasteiger charge is 2.35. The summed E-state index contributed by atoms with van der Waals surface area (Å²) in [6.45, 7) is 0.398. The second kappa shape index (κ2) is 8.81. The molecule has 1 saturated carbocycles. The molecule has 2 N–H and O–H groups in total. The highest BCUT2D eigenvalue weighted by atomic mass is 32.2. The van der Waals surface area contributed by atoms with Crippen LogP contribution in [-0.2, 0) is 27.7 Å². The SMILES string of the molecule is O=C(O)Cc1ccc(CC2(CNS(=O)(=O)c3cccc4ccccc34)CCCC2)cc1. The Kier molecular flexibility index (Phi) is 6.12. The number of carboxylic acid groups (broad SMARTS) is 1. The van der Waals surface area contributed by atoms with Crippen LogP contribution in [0.15, 0.2) is 71.6 Å². The molecule has 6 heteroatoms. The molecule has 1 fully saturated rings. The lowest BCUT2D eigenvalue weighted by molar-refractivity contribution is -0.136. The number of rotatable bonds is 8. The van der Waals surface area contributed by atoms with Gasteiger partial charge in [0.2, 0.25) is 10.0 Å². The number of fused-ring (bicyclic) bond motifs is 1. The fraction of sp³-hybridized carbons (Fsp3) is 0.320. The molecule has 0 radical (unpaired) electrons. The van der Waals surface area contributed by atoms with Gasteiger partial charge in [-0.2, -0.15) is 0 Å². The van der Waals surface area contributed by atoms with Crippen LogP contribution in [0.5, 0.6) is 0 Å². The molecule has 1 aliphatic rings. The Morgan fingerprint density at radius 1 is 0.903 bits per heavy atom. The van der Waals surface area contributed by atoms with E-state index in [-0.39, 0.29) is 11.8 Å². The molecule has 3 aromatic carbocycles. The Morgan fingerprint density at radius 2 is 1.55 bits per heavy atom. The molecule has 3 aromatic rings. The molecule has 4 rings (SSSR count). The van der Waals surface area contributed by atoms with E-state index in [1.807, 2.05) is 54.6 Å². The van der Waals surface area contributed by atoms with Crippen molar-refractivity contribution in [1.82, 2.24) is 4.72 Å². The van der Waals surface area contributed by atoms with Crippen LogP contribution in [0, 0.1) is 5.41 Å². The van der Waals surface area contributed by atoms with Crippen molar-refractivity contribution in [3.8, 4) is 0 Å². The van der Waals surface area contributed by atoms with Gasteiger partial charge in [-0.25, -0.2) is 13.1 Å². The summed E-state index contributed by atoms with van der Waals surface area (Å²) >= 11 is 0. The Balaban J connectivity index is 1.52. The highest BCUT2D eigenvalue weighted by Crippen LogP contribution is 2.41. The normalized spacial score (nSPS) is 15.9. The molecule has 0 bridgehead atoms. The lowest BCUT2D eigenvalue weighted by atomic mass is 9.80. The molecule has 0 aliphatic heterocycles. The zero-order chi connectivity index (χ0) is 21.9. The summed E-state index contributed by atoms with van der Waals surface area (Å²) in [5.74, 6) is -0.845. The lowest BCUT2D eigenvalue weighted by Crippen LogP contribution is -2.37. The molecule has 5 nitrogen and oxygen atoms in total. The minimum atomic E-state index is -3.64. The van der Waals surface area contributed by atoms with Crippen LogP contribution in [-0.4, -0.2) is 26.0 Å². The Morgan fingerprint density at radius 3 is 2.26 bits per heavy atom. The predicted octanol–water partition coefficient (Wildman–Crippen LogP) is 4.55. The largest absolute Gasteiger partial charge is 0.481 e. The first-order valence-electron chi connectivity index (χ1n) is 10.6. The number of hydrogen-bond donors (Lipinski definition) is 2. The van der Waals surface area contributed by atoms with Gasteiger partial charge in [-0.15, -0.1) is 0 Å². The highest BCUT2D eigenvalue weighted by molar-refractivity contribution is 7.89. The van der Waals surface area contributed by atoms with E-state index in [9.17, 15) is 13.2 Å². The second-order valence-electron chi connectivity index (χ2n) is 8.57. The van der Waals surface area contributed by atoms with Crippen molar-refractivity contribution in [2.45, 2.75) is 43.4 Å². The molecule has 31 heavy (non-hydrogen) atoms. The van der Waals surface area contributed by atoms with Gasteiger partial charge in [0.05, 0.1) is 11.3 Å². The van der Waals surface area contributed by atoms with Crippen LogP contribution in [0.25, 0.3) is 10.8 Å². The van der Waals surface area contributed by atoms with E-state index >= 15 is 0 Å². The van der Waals surface area contributed by atoms with Crippen LogP contribution in [0.3, 0.4) is 0 Å². The van der Waals surface area contributed by atoms with E-state index < -0.39 is 16.0 Å². The van der Waals surface area contributed by atoms with Crippen LogP contribution in [0.4, 0.5) is 0 Å². The van der Waals surface area contributed by atoms with Gasteiger partial charge >= 0.3 is 5.97 Å². The Hall–Kier alpha value is -2.70. The monoisotopic (exact) mass is 437 g/mol. The van der Waals surface area contributed by atoms with E-state index in [1.165, 1.54) is 0 Å². The quantitative estimate of drug-likeness (QED) is 0.542. The van der Waals surface area contributed by atoms with Crippen molar-refractivity contribution >= 4 is 26.8 Å². The molecule has 0 saturated heterocycles. The molecule has 0 unspecified atom stereocenters. The number of carboxylic acids is 1. The number of aliphatic carboxylic acids is 1. The first-order chi connectivity index (χ1) is 14.9. The standard InChI is InChI=1S/C25H27NO4S/c27-24(28)16-19-10-12-20(13-11-19)17-25(14-3-4-15-25)18-26-31(29,30)23-9-5-7-21-6-1-2-8-22(21)23/h1-2,5-13,26H,3-4,14-18H2,(H,27,28). The topological polar surface area (TPSA) is 83.5 Å². The molecular formula is C25H27NO4S. The van der Waals surface area contributed by atoms with Gasteiger partial charge in [0.1, 0.15) is 0 Å². The first-order valence-corrected chi connectivity index (χ1v) is 12.1. The summed E-state index contributed by atoms with van der Waals surface area (Å²) in [7, 11) is -3.64. The van der Waals surface area contributed by atoms with Gasteiger partial charge in [-0.3, -0.25) is 4.79 Å². The van der Waals surface area contributed by atoms with Crippen molar-refractivity contribution in [2.24, 2.45) is 5.41 Å². The molecule has 0 heterocycles. The molecule has 162 valence electrons. The number of nitrogens with one attached hydrogen (secondary N) is 1. The van der Waals surface area contributed by atoms with Gasteiger partial charge in [0.15, 0.2) is 0 Å². The van der Waals surface area contributed by atoms with Crippen LogP contribution >= 0.6 is 0 Å². The molecule has 0 amide bonds. The molecule has 0 atom stereocenters. The Labute approximate surface area is 183 Å². The number of carbonyl (C=O) groups is 1. The van der Waals surface area contributed by atoms with E-state index in [0.29, 0.717) is 11.4 Å². The molecular weight excluding hydrogens is 410 g/mol. The zero-order valence-electron chi connectivity index (χ0n) is 17.4. The van der Waals surface area contributed by atoms with E-state index in [4.69, 9.17) is 5.11 Å².